The first-order valence-electron chi connectivity index (χ1n) is 12.2. The van der Waals surface area contributed by atoms with Crippen LogP contribution in [0.25, 0.3) is 16.9 Å². The smallest absolute Gasteiger partial charge is 0.360 e. The normalized spacial score (nSPS) is 11.4. The third-order valence-corrected chi connectivity index (χ3v) is 6.44. The number of esters is 1. The van der Waals surface area contributed by atoms with Crippen molar-refractivity contribution in [3.8, 4) is 5.69 Å². The van der Waals surface area contributed by atoms with Crippen LogP contribution in [0.1, 0.15) is 47.3 Å². The van der Waals surface area contributed by atoms with Crippen LogP contribution >= 0.6 is 0 Å². The molecule has 0 aliphatic rings. The highest BCUT2D eigenvalue weighted by Crippen LogP contribution is 2.19. The summed E-state index contributed by atoms with van der Waals surface area (Å²) in [7, 11) is 1.25. The minimum Gasteiger partial charge on any atom is -0.464 e. The van der Waals surface area contributed by atoms with E-state index in [-0.39, 0.29) is 35.8 Å². The Morgan fingerprint density at radius 2 is 1.79 bits per heavy atom. The van der Waals surface area contributed by atoms with Crippen molar-refractivity contribution in [1.29, 1.82) is 0 Å². The van der Waals surface area contributed by atoms with E-state index in [1.807, 2.05) is 54.6 Å². The zero-order chi connectivity index (χ0) is 26.8. The molecule has 0 N–H and O–H groups in total. The van der Waals surface area contributed by atoms with Gasteiger partial charge in [0.15, 0.2) is 16.9 Å². The molecule has 5 rings (SSSR count). The van der Waals surface area contributed by atoms with Crippen LogP contribution in [0.4, 0.5) is 0 Å². The van der Waals surface area contributed by atoms with Crippen LogP contribution in [0.5, 0.6) is 0 Å². The number of hydrogen-bond acceptors (Lipinski definition) is 7. The van der Waals surface area contributed by atoms with E-state index in [9.17, 15) is 14.4 Å². The number of ether oxygens (including phenoxy) is 1. The SMILES string of the molecule is COC(=O)c1coc(Cn2cnc3c2c(=O)n(CCc2ccccc2)c(=O)n3-c2ccc(C(C)C)cc2)n1. The first-order chi connectivity index (χ1) is 18.4. The lowest BCUT2D eigenvalue weighted by Crippen LogP contribution is -2.40. The number of hydrogen-bond donors (Lipinski definition) is 0. The fraction of sp³-hybridized carbons (Fsp3) is 0.250. The van der Waals surface area contributed by atoms with Gasteiger partial charge in [-0.25, -0.2) is 24.1 Å². The fourth-order valence-electron chi connectivity index (χ4n) is 4.35. The molecule has 0 aliphatic carbocycles. The number of oxazole rings is 1. The second kappa shape index (κ2) is 10.3. The summed E-state index contributed by atoms with van der Waals surface area (Å²) in [6.45, 7) is 4.42. The van der Waals surface area contributed by atoms with E-state index < -0.39 is 17.2 Å². The summed E-state index contributed by atoms with van der Waals surface area (Å²) in [5.41, 5.74) is 2.29. The third kappa shape index (κ3) is 4.68. The zero-order valence-corrected chi connectivity index (χ0v) is 21.3. The number of methoxy groups -OCH3 is 1. The minimum absolute atomic E-state index is 0.0225. The number of nitrogens with zero attached hydrogens (tertiary/aromatic N) is 5. The van der Waals surface area contributed by atoms with Gasteiger partial charge in [-0.2, -0.15) is 0 Å². The lowest BCUT2D eigenvalue weighted by Gasteiger charge is -2.13. The Labute approximate surface area is 217 Å². The Morgan fingerprint density at radius 3 is 2.47 bits per heavy atom. The van der Waals surface area contributed by atoms with Gasteiger partial charge in [0.25, 0.3) is 5.56 Å². The maximum atomic E-state index is 13.7. The average molecular weight is 514 g/mol. The predicted octanol–water partition coefficient (Wildman–Crippen LogP) is 3.54. The summed E-state index contributed by atoms with van der Waals surface area (Å²) in [5, 5.41) is 0. The molecule has 5 aromatic rings. The molecule has 0 saturated heterocycles. The zero-order valence-electron chi connectivity index (χ0n) is 21.3. The maximum absolute atomic E-state index is 13.7. The number of fused-ring (bicyclic) bond motifs is 1. The Hall–Kier alpha value is -4.73. The van der Waals surface area contributed by atoms with Crippen LogP contribution in [0.2, 0.25) is 0 Å². The van der Waals surface area contributed by atoms with E-state index >= 15 is 0 Å². The van der Waals surface area contributed by atoms with Gasteiger partial charge in [-0.1, -0.05) is 56.3 Å². The van der Waals surface area contributed by atoms with Crippen molar-refractivity contribution >= 4 is 17.1 Å². The number of carbonyl (C=O) groups is 1. The van der Waals surface area contributed by atoms with Crippen LogP contribution < -0.4 is 11.2 Å². The highest BCUT2D eigenvalue weighted by atomic mass is 16.5. The lowest BCUT2D eigenvalue weighted by atomic mass is 10.0. The molecule has 38 heavy (non-hydrogen) atoms. The molecule has 3 heterocycles. The van der Waals surface area contributed by atoms with Crippen LogP contribution in [0, 0.1) is 0 Å². The topological polar surface area (TPSA) is 114 Å². The molecular weight excluding hydrogens is 486 g/mol. The van der Waals surface area contributed by atoms with E-state index in [0.717, 1.165) is 11.1 Å². The van der Waals surface area contributed by atoms with Crippen molar-refractivity contribution in [2.24, 2.45) is 0 Å². The van der Waals surface area contributed by atoms with Crippen molar-refractivity contribution in [2.75, 3.05) is 7.11 Å². The number of imidazole rings is 1. The largest absolute Gasteiger partial charge is 0.464 e. The monoisotopic (exact) mass is 513 g/mol. The molecule has 0 spiro atoms. The van der Waals surface area contributed by atoms with Gasteiger partial charge in [0, 0.05) is 6.54 Å². The molecule has 0 radical (unpaired) electrons. The first kappa shape index (κ1) is 24.9. The van der Waals surface area contributed by atoms with Gasteiger partial charge < -0.3 is 13.7 Å². The van der Waals surface area contributed by atoms with E-state index in [0.29, 0.717) is 18.0 Å². The quantitative estimate of drug-likeness (QED) is 0.292. The summed E-state index contributed by atoms with van der Waals surface area (Å²) in [6.07, 6.45) is 3.17. The summed E-state index contributed by atoms with van der Waals surface area (Å²) in [5.74, 6) is -0.105. The van der Waals surface area contributed by atoms with Crippen molar-refractivity contribution in [2.45, 2.75) is 39.3 Å². The van der Waals surface area contributed by atoms with Gasteiger partial charge in [0.2, 0.25) is 5.89 Å². The maximum Gasteiger partial charge on any atom is 0.360 e. The molecular formula is C28H27N5O5. The third-order valence-electron chi connectivity index (χ3n) is 6.44. The van der Waals surface area contributed by atoms with E-state index in [1.165, 1.54) is 28.8 Å². The molecule has 2 aromatic carbocycles. The highest BCUT2D eigenvalue weighted by Gasteiger charge is 2.21. The van der Waals surface area contributed by atoms with E-state index in [2.05, 4.69) is 28.6 Å². The van der Waals surface area contributed by atoms with Crippen molar-refractivity contribution in [3.63, 3.8) is 0 Å². The minimum atomic E-state index is -0.627. The Balaban J connectivity index is 1.64. The van der Waals surface area contributed by atoms with Gasteiger partial charge in [-0.3, -0.25) is 9.36 Å². The van der Waals surface area contributed by atoms with Crippen molar-refractivity contribution in [3.05, 3.63) is 111 Å². The number of carbonyl (C=O) groups excluding carboxylic acids is 1. The predicted molar refractivity (Wildman–Crippen MR) is 141 cm³/mol. The molecule has 0 fully saturated rings. The summed E-state index contributed by atoms with van der Waals surface area (Å²) in [4.78, 5) is 47.8. The molecule has 0 aliphatic heterocycles. The summed E-state index contributed by atoms with van der Waals surface area (Å²) in [6, 6.07) is 17.3. The van der Waals surface area contributed by atoms with Crippen LogP contribution in [0.15, 0.2) is 81.2 Å². The number of benzene rings is 2. The number of aromatic nitrogens is 5. The second-order valence-electron chi connectivity index (χ2n) is 9.22. The van der Waals surface area contributed by atoms with Gasteiger partial charge in [0.05, 0.1) is 19.1 Å². The molecule has 0 saturated carbocycles. The Bertz CT molecular complexity index is 1710. The molecule has 10 nitrogen and oxygen atoms in total. The average Bonchev–Trinajstić information content (AvgIpc) is 3.57. The molecule has 0 atom stereocenters. The van der Waals surface area contributed by atoms with Gasteiger partial charge in [-0.15, -0.1) is 0 Å². The molecule has 0 amide bonds. The van der Waals surface area contributed by atoms with Gasteiger partial charge in [-0.05, 0) is 35.6 Å². The first-order valence-corrected chi connectivity index (χ1v) is 12.2. The van der Waals surface area contributed by atoms with Crippen LogP contribution in [-0.2, 0) is 24.2 Å². The van der Waals surface area contributed by atoms with Crippen LogP contribution in [-0.4, -0.2) is 36.7 Å². The number of rotatable bonds is 8. The summed E-state index contributed by atoms with van der Waals surface area (Å²) < 4.78 is 14.4. The van der Waals surface area contributed by atoms with Crippen molar-refractivity contribution < 1.29 is 13.9 Å². The fourth-order valence-corrected chi connectivity index (χ4v) is 4.35. The van der Waals surface area contributed by atoms with E-state index in [1.54, 1.807) is 4.57 Å². The summed E-state index contributed by atoms with van der Waals surface area (Å²) >= 11 is 0. The lowest BCUT2D eigenvalue weighted by molar-refractivity contribution is 0.0594. The Kier molecular flexibility index (Phi) is 6.78. The Morgan fingerprint density at radius 1 is 1.05 bits per heavy atom. The second-order valence-corrected chi connectivity index (χ2v) is 9.22. The molecule has 3 aromatic heterocycles. The van der Waals surface area contributed by atoms with E-state index in [4.69, 9.17) is 4.42 Å². The van der Waals surface area contributed by atoms with Gasteiger partial charge >= 0.3 is 11.7 Å². The standard InChI is InChI=1S/C28H27N5O5/c1-18(2)20-9-11-21(12-10-20)33-25-24(26(34)32(28(33)36)14-13-19-7-5-4-6-8-19)31(17-29-25)15-23-30-22(16-38-23)27(35)37-3/h4-12,16-18H,13-15H2,1-3H3. The van der Waals surface area contributed by atoms with Crippen LogP contribution in [0.3, 0.4) is 0 Å². The van der Waals surface area contributed by atoms with Gasteiger partial charge in [0.1, 0.15) is 12.8 Å². The molecule has 0 unspecified atom stereocenters. The molecule has 10 heteroatoms. The molecule has 194 valence electrons. The number of aryl methyl sites for hydroxylation is 1. The van der Waals surface area contributed by atoms with Crippen molar-refractivity contribution in [1.82, 2.24) is 23.7 Å². The highest BCUT2D eigenvalue weighted by molar-refractivity contribution is 5.86. The molecule has 0 bridgehead atoms.